The van der Waals surface area contributed by atoms with Gasteiger partial charge < -0.3 is 5.32 Å². The molecule has 1 N–H and O–H groups in total. The van der Waals surface area contributed by atoms with Crippen LogP contribution in [0.25, 0.3) is 0 Å². The Balaban J connectivity index is 2.00. The molecule has 0 aliphatic carbocycles. The van der Waals surface area contributed by atoms with E-state index in [1.54, 1.807) is 0 Å². The van der Waals surface area contributed by atoms with Gasteiger partial charge in [0, 0.05) is 23.7 Å². The quantitative estimate of drug-likeness (QED) is 0.931. The number of benzene rings is 1. The van der Waals surface area contributed by atoms with Gasteiger partial charge in [0.05, 0.1) is 5.92 Å². The molecule has 1 aliphatic rings. The Labute approximate surface area is 117 Å². The zero-order valence-corrected chi connectivity index (χ0v) is 12.1. The molecule has 3 rings (SSSR count). The van der Waals surface area contributed by atoms with Gasteiger partial charge in [-0.25, -0.2) is 0 Å². The summed E-state index contributed by atoms with van der Waals surface area (Å²) in [7, 11) is 0. The third kappa shape index (κ3) is 2.12. The summed E-state index contributed by atoms with van der Waals surface area (Å²) < 4.78 is 2.19. The summed E-state index contributed by atoms with van der Waals surface area (Å²) in [6, 6.07) is 8.61. The van der Waals surface area contributed by atoms with E-state index in [9.17, 15) is 0 Å². The first kappa shape index (κ1) is 12.5. The third-order valence-electron chi connectivity index (χ3n) is 3.44. The Morgan fingerprint density at radius 1 is 1.32 bits per heavy atom. The lowest BCUT2D eigenvalue weighted by Gasteiger charge is -2.13. The number of fused-ring (bicyclic) bond motifs is 1. The smallest absolute Gasteiger partial charge is 0.224 e. The van der Waals surface area contributed by atoms with Gasteiger partial charge in [0.25, 0.3) is 0 Å². The van der Waals surface area contributed by atoms with Gasteiger partial charge in [0.1, 0.15) is 5.82 Å². The molecule has 0 saturated carbocycles. The second-order valence-electron chi connectivity index (χ2n) is 4.56. The Hall–Kier alpha value is -1.49. The van der Waals surface area contributed by atoms with E-state index in [1.165, 1.54) is 10.5 Å². The minimum absolute atomic E-state index is 0.362. The highest BCUT2D eigenvalue weighted by atomic mass is 32.2. The average molecular weight is 274 g/mol. The lowest BCUT2D eigenvalue weighted by Crippen LogP contribution is -2.12. The van der Waals surface area contributed by atoms with Crippen molar-refractivity contribution in [2.45, 2.75) is 31.2 Å². The lowest BCUT2D eigenvalue weighted by molar-refractivity contribution is 0.677. The van der Waals surface area contributed by atoms with E-state index in [2.05, 4.69) is 58.2 Å². The summed E-state index contributed by atoms with van der Waals surface area (Å²) in [5.41, 5.74) is 1.39. The highest BCUT2D eigenvalue weighted by Crippen LogP contribution is 2.42. The van der Waals surface area contributed by atoms with Crippen LogP contribution in [-0.4, -0.2) is 27.1 Å². The van der Waals surface area contributed by atoms with Crippen LogP contribution in [0.5, 0.6) is 0 Å². The van der Waals surface area contributed by atoms with Crippen LogP contribution in [-0.2, 0) is 6.54 Å². The molecule has 4 nitrogen and oxygen atoms in total. The summed E-state index contributed by atoms with van der Waals surface area (Å²) in [6.07, 6.45) is 0. The van der Waals surface area contributed by atoms with Crippen LogP contribution in [0.2, 0.25) is 0 Å². The number of thioether (sulfide) groups is 1. The van der Waals surface area contributed by atoms with E-state index in [4.69, 9.17) is 0 Å². The molecule has 0 fully saturated rings. The molecule has 0 radical (unpaired) electrons. The molecule has 1 unspecified atom stereocenters. The molecule has 100 valence electrons. The summed E-state index contributed by atoms with van der Waals surface area (Å²) >= 11 is 1.91. The minimum atomic E-state index is 0.362. The number of anilines is 1. The fraction of sp³-hybridized carbons (Fsp3) is 0.429. The first-order valence-electron chi connectivity index (χ1n) is 6.73. The molecule has 2 heterocycles. The molecular weight excluding hydrogens is 256 g/mol. The van der Waals surface area contributed by atoms with Crippen LogP contribution >= 0.6 is 11.8 Å². The summed E-state index contributed by atoms with van der Waals surface area (Å²) in [5.74, 6) is 3.38. The topological polar surface area (TPSA) is 42.7 Å². The van der Waals surface area contributed by atoms with Crippen molar-refractivity contribution in [3.8, 4) is 0 Å². The van der Waals surface area contributed by atoms with Gasteiger partial charge in [-0.15, -0.1) is 22.0 Å². The molecule has 19 heavy (non-hydrogen) atoms. The van der Waals surface area contributed by atoms with Gasteiger partial charge in [-0.3, -0.25) is 4.57 Å². The van der Waals surface area contributed by atoms with E-state index in [0.29, 0.717) is 5.92 Å². The monoisotopic (exact) mass is 274 g/mol. The molecule has 1 aliphatic heterocycles. The molecule has 0 saturated heterocycles. The van der Waals surface area contributed by atoms with Crippen molar-refractivity contribution in [1.82, 2.24) is 14.8 Å². The average Bonchev–Trinajstić information content (AvgIpc) is 3.02. The van der Waals surface area contributed by atoms with Gasteiger partial charge in [0.15, 0.2) is 0 Å². The first-order chi connectivity index (χ1) is 9.35. The summed E-state index contributed by atoms with van der Waals surface area (Å²) in [4.78, 5) is 1.38. The number of rotatable bonds is 4. The molecule has 1 atom stereocenters. The second-order valence-corrected chi connectivity index (χ2v) is 5.62. The number of aromatic nitrogens is 3. The highest BCUT2D eigenvalue weighted by Gasteiger charge is 2.29. The van der Waals surface area contributed by atoms with Gasteiger partial charge in [0.2, 0.25) is 5.95 Å². The van der Waals surface area contributed by atoms with Gasteiger partial charge in [-0.2, -0.15) is 0 Å². The van der Waals surface area contributed by atoms with Crippen LogP contribution < -0.4 is 5.32 Å². The second kappa shape index (κ2) is 5.25. The largest absolute Gasteiger partial charge is 0.355 e. The fourth-order valence-corrected chi connectivity index (χ4v) is 3.78. The number of hydrogen-bond donors (Lipinski definition) is 1. The molecule has 5 heteroatoms. The Bertz CT molecular complexity index is 579. The van der Waals surface area contributed by atoms with Crippen molar-refractivity contribution in [2.75, 3.05) is 17.6 Å². The van der Waals surface area contributed by atoms with Crippen LogP contribution in [0, 0.1) is 0 Å². The molecule has 1 aromatic heterocycles. The van der Waals surface area contributed by atoms with E-state index in [-0.39, 0.29) is 0 Å². The standard InChI is InChI=1S/C14H18N4S/c1-3-15-14-17-16-13(18(14)4-2)11-9-19-12-8-6-5-7-10(11)12/h5-8,11H,3-4,9H2,1-2H3,(H,15,17). The van der Waals surface area contributed by atoms with Crippen molar-refractivity contribution in [1.29, 1.82) is 0 Å². The molecule has 0 amide bonds. The SMILES string of the molecule is CCNc1nnc(C2CSc3ccccc32)n1CC. The number of nitrogens with one attached hydrogen (secondary N) is 1. The van der Waals surface area contributed by atoms with E-state index < -0.39 is 0 Å². The van der Waals surface area contributed by atoms with Crippen LogP contribution in [0.4, 0.5) is 5.95 Å². The maximum atomic E-state index is 4.42. The van der Waals surface area contributed by atoms with Crippen LogP contribution in [0.1, 0.15) is 31.2 Å². The maximum Gasteiger partial charge on any atom is 0.224 e. The van der Waals surface area contributed by atoms with Crippen molar-refractivity contribution < 1.29 is 0 Å². The van der Waals surface area contributed by atoms with Gasteiger partial charge in [-0.1, -0.05) is 18.2 Å². The van der Waals surface area contributed by atoms with Crippen molar-refractivity contribution in [3.05, 3.63) is 35.7 Å². The normalized spacial score (nSPS) is 17.5. The molecule has 0 spiro atoms. The third-order valence-corrected chi connectivity index (χ3v) is 4.62. The fourth-order valence-electron chi connectivity index (χ4n) is 2.55. The van der Waals surface area contributed by atoms with E-state index in [0.717, 1.165) is 30.6 Å². The van der Waals surface area contributed by atoms with Crippen molar-refractivity contribution in [3.63, 3.8) is 0 Å². The zero-order valence-electron chi connectivity index (χ0n) is 11.3. The van der Waals surface area contributed by atoms with Crippen LogP contribution in [0.3, 0.4) is 0 Å². The first-order valence-corrected chi connectivity index (χ1v) is 7.72. The highest BCUT2D eigenvalue weighted by molar-refractivity contribution is 7.99. The zero-order chi connectivity index (χ0) is 13.2. The Morgan fingerprint density at radius 2 is 2.16 bits per heavy atom. The number of nitrogens with zero attached hydrogens (tertiary/aromatic N) is 3. The number of hydrogen-bond acceptors (Lipinski definition) is 4. The van der Waals surface area contributed by atoms with E-state index in [1.807, 2.05) is 11.8 Å². The maximum absolute atomic E-state index is 4.42. The lowest BCUT2D eigenvalue weighted by atomic mass is 10.0. The van der Waals surface area contributed by atoms with Crippen LogP contribution in [0.15, 0.2) is 29.2 Å². The molecule has 1 aromatic carbocycles. The van der Waals surface area contributed by atoms with Crippen molar-refractivity contribution in [2.24, 2.45) is 0 Å². The Morgan fingerprint density at radius 3 is 2.95 bits per heavy atom. The molecule has 0 bridgehead atoms. The predicted molar refractivity (Wildman–Crippen MR) is 78.9 cm³/mol. The molecular formula is C14H18N4S. The van der Waals surface area contributed by atoms with Crippen molar-refractivity contribution >= 4 is 17.7 Å². The summed E-state index contributed by atoms with van der Waals surface area (Å²) in [6.45, 7) is 5.99. The summed E-state index contributed by atoms with van der Waals surface area (Å²) in [5, 5.41) is 12.0. The van der Waals surface area contributed by atoms with E-state index >= 15 is 0 Å². The molecule has 2 aromatic rings. The Kier molecular flexibility index (Phi) is 3.46. The van der Waals surface area contributed by atoms with Gasteiger partial charge in [-0.05, 0) is 25.5 Å². The minimum Gasteiger partial charge on any atom is -0.355 e. The predicted octanol–water partition coefficient (Wildman–Crippen LogP) is 2.97. The van der Waals surface area contributed by atoms with Gasteiger partial charge >= 0.3 is 0 Å².